The van der Waals surface area contributed by atoms with Crippen molar-refractivity contribution in [3.8, 4) is 11.5 Å². The number of amides is 3. The van der Waals surface area contributed by atoms with Crippen molar-refractivity contribution >= 4 is 23.4 Å². The summed E-state index contributed by atoms with van der Waals surface area (Å²) in [6, 6.07) is 13.0. The number of rotatable bonds is 4. The fraction of sp³-hybridized carbons (Fsp3) is 0.406. The highest BCUT2D eigenvalue weighted by Gasteiger charge is 2.38. The number of hydrogen-bond acceptors (Lipinski definition) is 7. The lowest BCUT2D eigenvalue weighted by Crippen LogP contribution is -2.47. The molecular formula is C32H37N7O5. The highest BCUT2D eigenvalue weighted by atomic mass is 16.5. The standard InChI is InChI=1S/C32H37N7O5/c1-20-13-22(3)39(35-20)19-31(41)37-15-24-23-9-10-27(43-4)28(14-23)44-12-6-11-36(18-30(40)34-25(24)16-37)32(42)26-17-38-21(2)7-5-8-29(38)33-26/h5,7-10,13-14,17,24-25H,6,11-12,15-16,18-19H2,1-4H3,(H,34,40)/t24-,25+/m1/s1. The van der Waals surface area contributed by atoms with Crippen LogP contribution in [0.5, 0.6) is 11.5 Å². The van der Waals surface area contributed by atoms with Crippen LogP contribution in [-0.4, -0.2) is 92.6 Å². The van der Waals surface area contributed by atoms with Gasteiger partial charge in [0, 0.05) is 43.1 Å². The zero-order valence-electron chi connectivity index (χ0n) is 25.4. The minimum Gasteiger partial charge on any atom is -0.493 e. The molecule has 4 aromatic rings. The molecule has 2 aliphatic heterocycles. The van der Waals surface area contributed by atoms with Gasteiger partial charge in [-0.15, -0.1) is 0 Å². The SMILES string of the molecule is COc1ccc2cc1OCCCN(C(=O)c1cn3c(C)cccc3n1)CC(=O)N[C@H]1CN(C(=O)Cn3nc(C)cc3C)C[C@H]21. The molecule has 0 radical (unpaired) electrons. The Morgan fingerprint density at radius 2 is 1.91 bits per heavy atom. The molecule has 2 atom stereocenters. The summed E-state index contributed by atoms with van der Waals surface area (Å²) >= 11 is 0. The summed E-state index contributed by atoms with van der Waals surface area (Å²) in [6.07, 6.45) is 2.21. The number of methoxy groups -OCH3 is 1. The van der Waals surface area contributed by atoms with E-state index in [4.69, 9.17) is 9.47 Å². The first kappa shape index (κ1) is 29.2. The van der Waals surface area contributed by atoms with Crippen LogP contribution in [0.4, 0.5) is 0 Å². The van der Waals surface area contributed by atoms with Gasteiger partial charge in [-0.3, -0.25) is 19.1 Å². The smallest absolute Gasteiger partial charge is 0.274 e. The van der Waals surface area contributed by atoms with Gasteiger partial charge in [-0.2, -0.15) is 5.10 Å². The zero-order valence-corrected chi connectivity index (χ0v) is 25.4. The van der Waals surface area contributed by atoms with Crippen LogP contribution in [0.15, 0.2) is 48.7 Å². The Bertz CT molecular complexity index is 1730. The van der Waals surface area contributed by atoms with E-state index in [1.807, 2.05) is 67.6 Å². The van der Waals surface area contributed by atoms with E-state index in [1.165, 1.54) is 4.90 Å². The van der Waals surface area contributed by atoms with Crippen LogP contribution in [0.2, 0.25) is 0 Å². The summed E-state index contributed by atoms with van der Waals surface area (Å²) in [5.41, 5.74) is 4.57. The van der Waals surface area contributed by atoms with Crippen LogP contribution in [0.1, 0.15) is 45.5 Å². The lowest BCUT2D eigenvalue weighted by Gasteiger charge is -2.24. The lowest BCUT2D eigenvalue weighted by atomic mass is 9.94. The van der Waals surface area contributed by atoms with E-state index >= 15 is 0 Å². The maximum Gasteiger partial charge on any atom is 0.274 e. The Morgan fingerprint density at radius 1 is 1.07 bits per heavy atom. The molecule has 0 aliphatic carbocycles. The molecule has 5 heterocycles. The minimum absolute atomic E-state index is 0.0806. The average Bonchev–Trinajstić information content (AvgIpc) is 3.71. The van der Waals surface area contributed by atoms with E-state index in [-0.39, 0.29) is 48.5 Å². The van der Waals surface area contributed by atoms with Crippen LogP contribution in [0.25, 0.3) is 5.65 Å². The molecule has 0 unspecified atom stereocenters. The molecule has 6 rings (SSSR count). The van der Waals surface area contributed by atoms with Gasteiger partial charge in [-0.05, 0) is 63.1 Å². The second-order valence-corrected chi connectivity index (χ2v) is 11.5. The Balaban J connectivity index is 1.27. The van der Waals surface area contributed by atoms with Crippen LogP contribution < -0.4 is 14.8 Å². The molecule has 2 aliphatic rings. The van der Waals surface area contributed by atoms with Gasteiger partial charge in [-0.25, -0.2) is 4.98 Å². The van der Waals surface area contributed by atoms with Crippen molar-refractivity contribution in [1.29, 1.82) is 0 Å². The van der Waals surface area contributed by atoms with Gasteiger partial charge in [-0.1, -0.05) is 12.1 Å². The van der Waals surface area contributed by atoms with Crippen molar-refractivity contribution in [2.24, 2.45) is 0 Å². The second kappa shape index (κ2) is 12.0. The Morgan fingerprint density at radius 3 is 2.66 bits per heavy atom. The predicted molar refractivity (Wildman–Crippen MR) is 162 cm³/mol. The Labute approximate surface area is 255 Å². The number of nitrogens with zero attached hydrogens (tertiary/aromatic N) is 6. The number of likely N-dealkylation sites (tertiary alicyclic amines) is 1. The van der Waals surface area contributed by atoms with Gasteiger partial charge in [0.2, 0.25) is 11.8 Å². The van der Waals surface area contributed by atoms with E-state index in [9.17, 15) is 14.4 Å². The Hall–Kier alpha value is -4.87. The van der Waals surface area contributed by atoms with Crippen molar-refractivity contribution in [1.82, 2.24) is 34.3 Å². The van der Waals surface area contributed by atoms with Crippen LogP contribution in [-0.2, 0) is 16.1 Å². The van der Waals surface area contributed by atoms with Crippen LogP contribution in [0.3, 0.4) is 0 Å². The quantitative estimate of drug-likeness (QED) is 0.382. The van der Waals surface area contributed by atoms with E-state index in [0.29, 0.717) is 49.8 Å². The number of imidazole rings is 1. The first-order valence-electron chi connectivity index (χ1n) is 14.8. The maximum atomic E-state index is 13.7. The van der Waals surface area contributed by atoms with Crippen molar-refractivity contribution in [3.63, 3.8) is 0 Å². The maximum absolute atomic E-state index is 13.7. The van der Waals surface area contributed by atoms with Crippen LogP contribution >= 0.6 is 0 Å². The van der Waals surface area contributed by atoms with E-state index in [2.05, 4.69) is 15.4 Å². The molecule has 0 spiro atoms. The van der Waals surface area contributed by atoms with Crippen LogP contribution in [0, 0.1) is 20.8 Å². The number of carbonyl (C=O) groups excluding carboxylic acids is 3. The van der Waals surface area contributed by atoms with Gasteiger partial charge in [0.05, 0.1) is 32.0 Å². The van der Waals surface area contributed by atoms with Gasteiger partial charge >= 0.3 is 0 Å². The molecular weight excluding hydrogens is 562 g/mol. The fourth-order valence-corrected chi connectivity index (χ4v) is 6.12. The molecule has 230 valence electrons. The molecule has 3 amide bonds. The summed E-state index contributed by atoms with van der Waals surface area (Å²) < 4.78 is 15.3. The Kier molecular flexibility index (Phi) is 7.98. The average molecular weight is 600 g/mol. The molecule has 1 fully saturated rings. The summed E-state index contributed by atoms with van der Waals surface area (Å²) in [5.74, 6) is 0.269. The number of aryl methyl sites for hydroxylation is 3. The van der Waals surface area contributed by atoms with Crippen molar-refractivity contribution in [2.75, 3.05) is 39.9 Å². The zero-order chi connectivity index (χ0) is 31.0. The first-order chi connectivity index (χ1) is 21.2. The highest BCUT2D eigenvalue weighted by molar-refractivity contribution is 5.95. The molecule has 12 nitrogen and oxygen atoms in total. The number of carbonyl (C=O) groups is 3. The number of pyridine rings is 1. The highest BCUT2D eigenvalue weighted by Crippen LogP contribution is 2.35. The number of fused-ring (bicyclic) bond motifs is 5. The summed E-state index contributed by atoms with van der Waals surface area (Å²) in [6.45, 7) is 7.09. The number of nitrogens with one attached hydrogen (secondary N) is 1. The monoisotopic (exact) mass is 599 g/mol. The molecule has 12 heteroatoms. The van der Waals surface area contributed by atoms with Gasteiger partial charge in [0.15, 0.2) is 11.5 Å². The normalized spacial score (nSPS) is 19.0. The van der Waals surface area contributed by atoms with Gasteiger partial charge < -0.3 is 29.0 Å². The molecule has 44 heavy (non-hydrogen) atoms. The third-order valence-corrected chi connectivity index (χ3v) is 8.39. The van der Waals surface area contributed by atoms with Crippen molar-refractivity contribution in [3.05, 3.63) is 77.0 Å². The van der Waals surface area contributed by atoms with Crippen molar-refractivity contribution < 1.29 is 23.9 Å². The summed E-state index contributed by atoms with van der Waals surface area (Å²) in [7, 11) is 1.59. The molecule has 1 aromatic carbocycles. The first-order valence-corrected chi connectivity index (χ1v) is 14.8. The number of aromatic nitrogens is 4. The van der Waals surface area contributed by atoms with Crippen molar-refractivity contribution in [2.45, 2.75) is 45.7 Å². The fourth-order valence-electron chi connectivity index (χ4n) is 6.12. The number of ether oxygens (including phenoxy) is 2. The molecule has 1 N–H and O–H groups in total. The lowest BCUT2D eigenvalue weighted by molar-refractivity contribution is -0.131. The molecule has 1 saturated heterocycles. The number of hydrogen-bond donors (Lipinski definition) is 1. The second-order valence-electron chi connectivity index (χ2n) is 11.5. The van der Waals surface area contributed by atoms with Gasteiger partial charge in [0.25, 0.3) is 5.91 Å². The largest absolute Gasteiger partial charge is 0.493 e. The molecule has 2 bridgehead atoms. The molecule has 3 aromatic heterocycles. The topological polar surface area (TPSA) is 123 Å². The van der Waals surface area contributed by atoms with Gasteiger partial charge in [0.1, 0.15) is 17.9 Å². The number of benzene rings is 1. The predicted octanol–water partition coefficient (Wildman–Crippen LogP) is 2.50. The summed E-state index contributed by atoms with van der Waals surface area (Å²) in [4.78, 5) is 48.5. The third kappa shape index (κ3) is 5.84. The summed E-state index contributed by atoms with van der Waals surface area (Å²) in [5, 5.41) is 7.59. The third-order valence-electron chi connectivity index (χ3n) is 8.39. The van der Waals surface area contributed by atoms with E-state index < -0.39 is 0 Å². The minimum atomic E-state index is -0.372. The molecule has 0 saturated carbocycles. The van der Waals surface area contributed by atoms with E-state index in [1.54, 1.807) is 22.9 Å². The van der Waals surface area contributed by atoms with E-state index in [0.717, 1.165) is 22.6 Å².